The highest BCUT2D eigenvalue weighted by Crippen LogP contribution is 2.16. The maximum Gasteiger partial charge on any atom is 0.189 e. The SMILES string of the molecule is CC(C)OC(C)(CO)OC(C)C. The topological polar surface area (TPSA) is 38.7 Å². The highest BCUT2D eigenvalue weighted by atomic mass is 16.7. The van der Waals surface area contributed by atoms with E-state index in [1.807, 2.05) is 27.7 Å². The van der Waals surface area contributed by atoms with Crippen LogP contribution in [-0.2, 0) is 9.47 Å². The maximum atomic E-state index is 9.03. The summed E-state index contributed by atoms with van der Waals surface area (Å²) in [4.78, 5) is 0. The van der Waals surface area contributed by atoms with E-state index >= 15 is 0 Å². The molecule has 0 saturated heterocycles. The second-order valence-corrected chi connectivity index (χ2v) is 3.63. The molecule has 0 aliphatic heterocycles. The molecule has 0 rings (SSSR count). The summed E-state index contributed by atoms with van der Waals surface area (Å²) < 4.78 is 10.9. The average Bonchev–Trinajstić information content (AvgIpc) is 1.83. The Bertz CT molecular complexity index is 111. The average molecular weight is 176 g/mol. The predicted molar refractivity (Wildman–Crippen MR) is 47.9 cm³/mol. The fourth-order valence-corrected chi connectivity index (χ4v) is 1.10. The van der Waals surface area contributed by atoms with E-state index in [4.69, 9.17) is 14.6 Å². The molecule has 0 atom stereocenters. The van der Waals surface area contributed by atoms with Crippen LogP contribution >= 0.6 is 0 Å². The van der Waals surface area contributed by atoms with E-state index in [9.17, 15) is 0 Å². The number of hydrogen-bond donors (Lipinski definition) is 1. The monoisotopic (exact) mass is 176 g/mol. The van der Waals surface area contributed by atoms with Gasteiger partial charge in [0, 0.05) is 0 Å². The summed E-state index contributed by atoms with van der Waals surface area (Å²) in [5.41, 5.74) is 0. The van der Waals surface area contributed by atoms with Gasteiger partial charge >= 0.3 is 0 Å². The van der Waals surface area contributed by atoms with Gasteiger partial charge in [-0.1, -0.05) is 0 Å². The quantitative estimate of drug-likeness (QED) is 0.646. The van der Waals surface area contributed by atoms with Crippen LogP contribution in [0.3, 0.4) is 0 Å². The Labute approximate surface area is 74.7 Å². The highest BCUT2D eigenvalue weighted by molar-refractivity contribution is 4.63. The van der Waals surface area contributed by atoms with Crippen LogP contribution in [0, 0.1) is 0 Å². The largest absolute Gasteiger partial charge is 0.391 e. The van der Waals surface area contributed by atoms with E-state index in [2.05, 4.69) is 0 Å². The van der Waals surface area contributed by atoms with Crippen LogP contribution in [0.1, 0.15) is 34.6 Å². The molecule has 12 heavy (non-hydrogen) atoms. The van der Waals surface area contributed by atoms with E-state index < -0.39 is 5.79 Å². The van der Waals surface area contributed by atoms with Crippen molar-refractivity contribution in [2.24, 2.45) is 0 Å². The third-order valence-electron chi connectivity index (χ3n) is 1.26. The molecular weight excluding hydrogens is 156 g/mol. The summed E-state index contributed by atoms with van der Waals surface area (Å²) in [6.07, 6.45) is 0.113. The first-order chi connectivity index (χ1) is 5.39. The Kier molecular flexibility index (Phi) is 4.75. The van der Waals surface area contributed by atoms with Crippen molar-refractivity contribution in [1.29, 1.82) is 0 Å². The Balaban J connectivity index is 4.04. The van der Waals surface area contributed by atoms with Crippen molar-refractivity contribution >= 4 is 0 Å². The molecule has 0 bridgehead atoms. The first kappa shape index (κ1) is 11.9. The first-order valence-corrected chi connectivity index (χ1v) is 4.36. The number of aliphatic hydroxyl groups is 1. The Morgan fingerprint density at radius 3 is 1.58 bits per heavy atom. The van der Waals surface area contributed by atoms with E-state index in [0.717, 1.165) is 0 Å². The lowest BCUT2D eigenvalue weighted by Gasteiger charge is -2.31. The van der Waals surface area contributed by atoms with Gasteiger partial charge in [0.05, 0.1) is 18.8 Å². The molecule has 0 aromatic heterocycles. The lowest BCUT2D eigenvalue weighted by atomic mass is 10.3. The molecule has 74 valence electrons. The van der Waals surface area contributed by atoms with Crippen molar-refractivity contribution in [2.45, 2.75) is 52.6 Å². The van der Waals surface area contributed by atoms with Crippen molar-refractivity contribution in [3.05, 3.63) is 0 Å². The van der Waals surface area contributed by atoms with Gasteiger partial charge in [-0.3, -0.25) is 0 Å². The van der Waals surface area contributed by atoms with E-state index in [-0.39, 0.29) is 18.8 Å². The fraction of sp³-hybridized carbons (Fsp3) is 1.00. The molecule has 0 aliphatic rings. The van der Waals surface area contributed by atoms with Crippen molar-refractivity contribution in [2.75, 3.05) is 6.61 Å². The minimum Gasteiger partial charge on any atom is -0.391 e. The third kappa shape index (κ3) is 4.70. The zero-order valence-electron chi connectivity index (χ0n) is 8.63. The van der Waals surface area contributed by atoms with Crippen molar-refractivity contribution in [3.63, 3.8) is 0 Å². The molecule has 3 nitrogen and oxygen atoms in total. The molecule has 0 spiro atoms. The molecule has 0 aromatic rings. The van der Waals surface area contributed by atoms with Crippen LogP contribution < -0.4 is 0 Å². The number of rotatable bonds is 5. The van der Waals surface area contributed by atoms with Crippen LogP contribution in [0.4, 0.5) is 0 Å². The van der Waals surface area contributed by atoms with Crippen molar-refractivity contribution in [1.82, 2.24) is 0 Å². The molecule has 0 saturated carbocycles. The van der Waals surface area contributed by atoms with E-state index in [0.29, 0.717) is 0 Å². The Morgan fingerprint density at radius 1 is 1.08 bits per heavy atom. The molecular formula is C9H20O3. The van der Waals surface area contributed by atoms with Crippen LogP contribution in [0.5, 0.6) is 0 Å². The molecule has 0 aromatic carbocycles. The molecule has 3 heteroatoms. The summed E-state index contributed by atoms with van der Waals surface area (Å²) >= 11 is 0. The molecule has 1 N–H and O–H groups in total. The lowest BCUT2D eigenvalue weighted by molar-refractivity contribution is -0.272. The van der Waals surface area contributed by atoms with Gasteiger partial charge in [-0.15, -0.1) is 0 Å². The van der Waals surface area contributed by atoms with Gasteiger partial charge in [-0.25, -0.2) is 0 Å². The predicted octanol–water partition coefficient (Wildman–Crippen LogP) is 1.54. The maximum absolute atomic E-state index is 9.03. The summed E-state index contributed by atoms with van der Waals surface area (Å²) in [6, 6.07) is 0. The highest BCUT2D eigenvalue weighted by Gasteiger charge is 2.27. The normalized spacial score (nSPS) is 13.0. The molecule has 0 fully saturated rings. The van der Waals surface area contributed by atoms with Crippen molar-refractivity contribution in [3.8, 4) is 0 Å². The van der Waals surface area contributed by atoms with Crippen LogP contribution in [0.15, 0.2) is 0 Å². The van der Waals surface area contributed by atoms with Crippen LogP contribution in [-0.4, -0.2) is 29.7 Å². The van der Waals surface area contributed by atoms with Gasteiger partial charge in [0.2, 0.25) is 0 Å². The van der Waals surface area contributed by atoms with Crippen molar-refractivity contribution < 1.29 is 14.6 Å². The second-order valence-electron chi connectivity index (χ2n) is 3.63. The van der Waals surface area contributed by atoms with Gasteiger partial charge < -0.3 is 14.6 Å². The molecule has 0 radical (unpaired) electrons. The minimum absolute atomic E-state index is 0.0564. The van der Waals surface area contributed by atoms with Gasteiger partial charge in [-0.05, 0) is 34.6 Å². The van der Waals surface area contributed by atoms with E-state index in [1.54, 1.807) is 6.92 Å². The van der Waals surface area contributed by atoms with Gasteiger partial charge in [-0.2, -0.15) is 0 Å². The third-order valence-corrected chi connectivity index (χ3v) is 1.26. The standard InChI is InChI=1S/C9H20O3/c1-7(2)11-9(5,6-10)12-8(3)4/h7-8,10H,6H2,1-5H3. The first-order valence-electron chi connectivity index (χ1n) is 4.36. The lowest BCUT2D eigenvalue weighted by Crippen LogP contribution is -2.40. The zero-order chi connectivity index (χ0) is 9.78. The fourth-order valence-electron chi connectivity index (χ4n) is 1.10. The number of hydrogen-bond acceptors (Lipinski definition) is 3. The molecule has 0 aliphatic carbocycles. The smallest absolute Gasteiger partial charge is 0.189 e. The Morgan fingerprint density at radius 2 is 1.42 bits per heavy atom. The van der Waals surface area contributed by atoms with E-state index in [1.165, 1.54) is 0 Å². The van der Waals surface area contributed by atoms with Gasteiger partial charge in [0.25, 0.3) is 0 Å². The zero-order valence-corrected chi connectivity index (χ0v) is 8.63. The molecule has 0 heterocycles. The molecule has 0 unspecified atom stereocenters. The summed E-state index contributed by atoms with van der Waals surface area (Å²) in [6.45, 7) is 9.28. The van der Waals surface area contributed by atoms with Gasteiger partial charge in [0.1, 0.15) is 0 Å². The second kappa shape index (κ2) is 4.80. The summed E-state index contributed by atoms with van der Waals surface area (Å²) in [5, 5.41) is 9.03. The number of ether oxygens (including phenoxy) is 2. The van der Waals surface area contributed by atoms with Crippen LogP contribution in [0.2, 0.25) is 0 Å². The Hall–Kier alpha value is -0.120. The summed E-state index contributed by atoms with van der Waals surface area (Å²) in [5.74, 6) is -0.859. The van der Waals surface area contributed by atoms with Crippen LogP contribution in [0.25, 0.3) is 0 Å². The molecule has 0 amide bonds. The summed E-state index contributed by atoms with van der Waals surface area (Å²) in [7, 11) is 0. The number of aliphatic hydroxyl groups excluding tert-OH is 1. The minimum atomic E-state index is -0.859. The van der Waals surface area contributed by atoms with Gasteiger partial charge in [0.15, 0.2) is 5.79 Å².